The predicted octanol–water partition coefficient (Wildman–Crippen LogP) is 3.01. The van der Waals surface area contributed by atoms with E-state index in [9.17, 15) is 9.90 Å². The molecule has 0 atom stereocenters. The summed E-state index contributed by atoms with van der Waals surface area (Å²) in [5, 5.41) is 18.3. The maximum Gasteiger partial charge on any atom is 0.349 e. The number of nitrogens with zero attached hydrogens (tertiary/aromatic N) is 1. The lowest BCUT2D eigenvalue weighted by Gasteiger charge is -2.06. The lowest BCUT2D eigenvalue weighted by molar-refractivity contribution is -0.142. The molecule has 1 aromatic rings. The van der Waals surface area contributed by atoms with Gasteiger partial charge in [0.1, 0.15) is 17.4 Å². The summed E-state index contributed by atoms with van der Waals surface area (Å²) >= 11 is 3.16. The van der Waals surface area contributed by atoms with Crippen LogP contribution in [0.1, 0.15) is 19.4 Å². The molecule has 1 N–H and O–H groups in total. The highest BCUT2D eigenvalue weighted by atomic mass is 79.9. The van der Waals surface area contributed by atoms with Crippen molar-refractivity contribution >= 4 is 28.0 Å². The van der Waals surface area contributed by atoms with Gasteiger partial charge in [-0.3, -0.25) is 0 Å². The fraction of sp³-hybridized carbons (Fsp3) is 0.231. The second kappa shape index (κ2) is 6.22. The van der Waals surface area contributed by atoms with Crippen molar-refractivity contribution in [1.29, 1.82) is 5.26 Å². The molecule has 5 heteroatoms. The standard InChI is InChI=1S/C13H12BrNO3/c1-8(2)18-13(17)10(7-15)5-9-3-4-12(16)11(14)6-9/h3-6,8,16H,1-2H3/b10-5-. The average molecular weight is 310 g/mol. The molecule has 1 aromatic carbocycles. The van der Waals surface area contributed by atoms with E-state index < -0.39 is 5.97 Å². The van der Waals surface area contributed by atoms with Crippen LogP contribution in [-0.2, 0) is 9.53 Å². The minimum absolute atomic E-state index is 0.0821. The van der Waals surface area contributed by atoms with Gasteiger partial charge in [-0.25, -0.2) is 4.79 Å². The summed E-state index contributed by atoms with van der Waals surface area (Å²) in [5.74, 6) is -0.563. The Bertz CT molecular complexity index is 530. The van der Waals surface area contributed by atoms with Gasteiger partial charge in [0.15, 0.2) is 0 Å². The van der Waals surface area contributed by atoms with Crippen molar-refractivity contribution in [2.24, 2.45) is 0 Å². The zero-order valence-electron chi connectivity index (χ0n) is 9.98. The Hall–Kier alpha value is -1.80. The topological polar surface area (TPSA) is 70.3 Å². The summed E-state index contributed by atoms with van der Waals surface area (Å²) in [5.41, 5.74) is 0.540. The first-order valence-corrected chi connectivity index (χ1v) is 6.04. The van der Waals surface area contributed by atoms with Gasteiger partial charge in [0, 0.05) is 0 Å². The van der Waals surface area contributed by atoms with Crippen LogP contribution in [0.5, 0.6) is 5.75 Å². The number of carbonyl (C=O) groups excluding carboxylic acids is 1. The Balaban J connectivity index is 3.01. The monoisotopic (exact) mass is 309 g/mol. The second-order valence-electron chi connectivity index (χ2n) is 3.83. The number of phenols is 1. The molecule has 0 aliphatic heterocycles. The van der Waals surface area contributed by atoms with Crippen LogP contribution in [0.4, 0.5) is 0 Å². The molecule has 18 heavy (non-hydrogen) atoms. The summed E-state index contributed by atoms with van der Waals surface area (Å²) < 4.78 is 5.43. The molecule has 0 saturated carbocycles. The minimum atomic E-state index is -0.656. The molecule has 0 fully saturated rings. The lowest BCUT2D eigenvalue weighted by atomic mass is 10.1. The third-order valence-electron chi connectivity index (χ3n) is 1.97. The molecule has 0 radical (unpaired) electrons. The first-order chi connectivity index (χ1) is 8.43. The molecule has 0 bridgehead atoms. The highest BCUT2D eigenvalue weighted by Crippen LogP contribution is 2.25. The lowest BCUT2D eigenvalue weighted by Crippen LogP contribution is -2.12. The summed E-state index contributed by atoms with van der Waals surface area (Å²) in [4.78, 5) is 11.6. The Kier molecular flexibility index (Phi) is 4.93. The SMILES string of the molecule is CC(C)OC(=O)/C(C#N)=C\c1ccc(O)c(Br)c1. The zero-order valence-corrected chi connectivity index (χ0v) is 11.6. The molecular weight excluding hydrogens is 298 g/mol. The van der Waals surface area contributed by atoms with Crippen molar-refractivity contribution in [2.45, 2.75) is 20.0 Å². The second-order valence-corrected chi connectivity index (χ2v) is 4.69. The van der Waals surface area contributed by atoms with Crippen LogP contribution in [0.15, 0.2) is 28.2 Å². The molecule has 0 amide bonds. The molecule has 0 aromatic heterocycles. The van der Waals surface area contributed by atoms with Crippen LogP contribution in [0.2, 0.25) is 0 Å². The molecule has 0 unspecified atom stereocenters. The van der Waals surface area contributed by atoms with Gasteiger partial charge in [-0.05, 0) is 53.5 Å². The Morgan fingerprint density at radius 1 is 1.56 bits per heavy atom. The minimum Gasteiger partial charge on any atom is -0.507 e. The van der Waals surface area contributed by atoms with Crippen molar-refractivity contribution in [3.8, 4) is 11.8 Å². The number of carbonyl (C=O) groups is 1. The van der Waals surface area contributed by atoms with E-state index >= 15 is 0 Å². The van der Waals surface area contributed by atoms with E-state index in [1.165, 1.54) is 12.1 Å². The van der Waals surface area contributed by atoms with Crippen LogP contribution in [-0.4, -0.2) is 17.2 Å². The van der Waals surface area contributed by atoms with Gasteiger partial charge in [0.05, 0.1) is 10.6 Å². The molecule has 0 aliphatic rings. The number of benzene rings is 1. The maximum absolute atomic E-state index is 11.6. The first kappa shape index (κ1) is 14.3. The maximum atomic E-state index is 11.6. The van der Waals surface area contributed by atoms with E-state index in [1.807, 2.05) is 0 Å². The normalized spacial score (nSPS) is 11.2. The number of hydrogen-bond donors (Lipinski definition) is 1. The number of nitriles is 1. The molecule has 0 spiro atoms. The molecular formula is C13H12BrNO3. The molecule has 4 nitrogen and oxygen atoms in total. The number of halogens is 1. The largest absolute Gasteiger partial charge is 0.507 e. The molecule has 0 heterocycles. The fourth-order valence-corrected chi connectivity index (χ4v) is 1.59. The number of esters is 1. The van der Waals surface area contributed by atoms with Crippen molar-refractivity contribution in [2.75, 3.05) is 0 Å². The van der Waals surface area contributed by atoms with Gasteiger partial charge in [-0.1, -0.05) is 6.07 Å². The quantitative estimate of drug-likeness (QED) is 0.529. The number of hydrogen-bond acceptors (Lipinski definition) is 4. The van der Waals surface area contributed by atoms with Crippen molar-refractivity contribution < 1.29 is 14.6 Å². The summed E-state index contributed by atoms with van der Waals surface area (Å²) in [6, 6.07) is 6.47. The van der Waals surface area contributed by atoms with Crippen molar-refractivity contribution in [3.05, 3.63) is 33.8 Å². The molecule has 0 aliphatic carbocycles. The first-order valence-electron chi connectivity index (χ1n) is 5.25. The number of phenolic OH excluding ortho intramolecular Hbond substituents is 1. The van der Waals surface area contributed by atoms with Crippen molar-refractivity contribution in [3.63, 3.8) is 0 Å². The van der Waals surface area contributed by atoms with Gasteiger partial charge in [-0.2, -0.15) is 5.26 Å². The van der Waals surface area contributed by atoms with Crippen LogP contribution < -0.4 is 0 Å². The molecule has 1 rings (SSSR count). The highest BCUT2D eigenvalue weighted by molar-refractivity contribution is 9.10. The fourth-order valence-electron chi connectivity index (χ4n) is 1.19. The summed E-state index contributed by atoms with van der Waals surface area (Å²) in [6.45, 7) is 3.42. The third kappa shape index (κ3) is 3.90. The van der Waals surface area contributed by atoms with E-state index in [-0.39, 0.29) is 17.4 Å². The Labute approximate surface area is 114 Å². The summed E-state index contributed by atoms with van der Waals surface area (Å²) in [7, 11) is 0. The summed E-state index contributed by atoms with van der Waals surface area (Å²) in [6.07, 6.45) is 1.13. The smallest absolute Gasteiger partial charge is 0.349 e. The van der Waals surface area contributed by atoms with Crippen LogP contribution in [0.25, 0.3) is 6.08 Å². The number of aromatic hydroxyl groups is 1. The number of ether oxygens (including phenoxy) is 1. The highest BCUT2D eigenvalue weighted by Gasteiger charge is 2.12. The van der Waals surface area contributed by atoms with Crippen LogP contribution in [0.3, 0.4) is 0 Å². The Morgan fingerprint density at radius 3 is 2.72 bits per heavy atom. The van der Waals surface area contributed by atoms with Gasteiger partial charge >= 0.3 is 5.97 Å². The molecule has 94 valence electrons. The van der Waals surface area contributed by atoms with Gasteiger partial charge in [-0.15, -0.1) is 0 Å². The predicted molar refractivity (Wildman–Crippen MR) is 70.6 cm³/mol. The van der Waals surface area contributed by atoms with Crippen LogP contribution >= 0.6 is 15.9 Å². The van der Waals surface area contributed by atoms with Gasteiger partial charge in [0.25, 0.3) is 0 Å². The van der Waals surface area contributed by atoms with Gasteiger partial charge in [0.2, 0.25) is 0 Å². The average Bonchev–Trinajstić information content (AvgIpc) is 2.29. The van der Waals surface area contributed by atoms with E-state index in [2.05, 4.69) is 15.9 Å². The number of rotatable bonds is 3. The zero-order chi connectivity index (χ0) is 13.7. The van der Waals surface area contributed by atoms with E-state index in [0.717, 1.165) is 0 Å². The van der Waals surface area contributed by atoms with Gasteiger partial charge < -0.3 is 9.84 Å². The van der Waals surface area contributed by atoms with Crippen molar-refractivity contribution in [1.82, 2.24) is 0 Å². The van der Waals surface area contributed by atoms with E-state index in [1.54, 1.807) is 32.0 Å². The third-order valence-corrected chi connectivity index (χ3v) is 2.60. The van der Waals surface area contributed by atoms with Crippen LogP contribution in [0, 0.1) is 11.3 Å². The van der Waals surface area contributed by atoms with E-state index in [4.69, 9.17) is 10.00 Å². The molecule has 0 saturated heterocycles. The van der Waals surface area contributed by atoms with E-state index in [0.29, 0.717) is 10.0 Å². The Morgan fingerprint density at radius 2 is 2.22 bits per heavy atom.